The van der Waals surface area contributed by atoms with E-state index in [-0.39, 0.29) is 0 Å². The molecular formula is C10H13NOS. The summed E-state index contributed by atoms with van der Waals surface area (Å²) >= 11 is 1.68. The molecule has 1 atom stereocenters. The summed E-state index contributed by atoms with van der Waals surface area (Å²) < 4.78 is 5.53. The van der Waals surface area contributed by atoms with Crippen LogP contribution >= 0.6 is 11.3 Å². The molecule has 2 nitrogen and oxygen atoms in total. The first-order valence-corrected chi connectivity index (χ1v) is 5.45. The van der Waals surface area contributed by atoms with Crippen molar-refractivity contribution in [3.8, 4) is 0 Å². The standard InChI is InChI=1S/C10H13NOS/c1-7(2)9-5-12-10(11-9)8-3-4-13-6-8/h3-4,6-7,9H,5H2,1-2H3. The fraction of sp³-hybridized carbons (Fsp3) is 0.500. The Labute approximate surface area is 82.3 Å². The lowest BCUT2D eigenvalue weighted by Crippen LogP contribution is -2.13. The molecule has 0 amide bonds. The smallest absolute Gasteiger partial charge is 0.217 e. The van der Waals surface area contributed by atoms with Crippen LogP contribution in [0.2, 0.25) is 0 Å². The van der Waals surface area contributed by atoms with E-state index in [9.17, 15) is 0 Å². The maximum Gasteiger partial charge on any atom is 0.217 e. The Morgan fingerprint density at radius 1 is 1.62 bits per heavy atom. The zero-order chi connectivity index (χ0) is 9.26. The summed E-state index contributed by atoms with van der Waals surface area (Å²) in [6.07, 6.45) is 0. The van der Waals surface area contributed by atoms with Crippen molar-refractivity contribution in [1.29, 1.82) is 0 Å². The molecule has 0 aliphatic carbocycles. The molecular weight excluding hydrogens is 182 g/mol. The summed E-state index contributed by atoms with van der Waals surface area (Å²) in [5, 5.41) is 4.12. The first-order valence-electron chi connectivity index (χ1n) is 4.50. The maximum atomic E-state index is 5.53. The van der Waals surface area contributed by atoms with E-state index in [4.69, 9.17) is 4.74 Å². The van der Waals surface area contributed by atoms with Crippen LogP contribution in [0.3, 0.4) is 0 Å². The van der Waals surface area contributed by atoms with Crippen molar-refractivity contribution in [2.45, 2.75) is 19.9 Å². The van der Waals surface area contributed by atoms with Crippen LogP contribution in [0.25, 0.3) is 0 Å². The fourth-order valence-electron chi connectivity index (χ4n) is 1.28. The van der Waals surface area contributed by atoms with Gasteiger partial charge in [-0.1, -0.05) is 13.8 Å². The van der Waals surface area contributed by atoms with Crippen molar-refractivity contribution in [3.63, 3.8) is 0 Å². The number of rotatable bonds is 2. The van der Waals surface area contributed by atoms with Crippen molar-refractivity contribution in [2.75, 3.05) is 6.61 Å². The van der Waals surface area contributed by atoms with Crippen LogP contribution < -0.4 is 0 Å². The van der Waals surface area contributed by atoms with Crippen LogP contribution in [0.15, 0.2) is 21.8 Å². The quantitative estimate of drug-likeness (QED) is 0.710. The highest BCUT2D eigenvalue weighted by molar-refractivity contribution is 7.08. The summed E-state index contributed by atoms with van der Waals surface area (Å²) in [7, 11) is 0. The molecule has 0 bridgehead atoms. The zero-order valence-corrected chi connectivity index (χ0v) is 8.67. The molecule has 1 aliphatic rings. The van der Waals surface area contributed by atoms with Gasteiger partial charge in [0.15, 0.2) is 0 Å². The van der Waals surface area contributed by atoms with Crippen LogP contribution in [0.4, 0.5) is 0 Å². The molecule has 1 aliphatic heterocycles. The average molecular weight is 195 g/mol. The lowest BCUT2D eigenvalue weighted by molar-refractivity contribution is 0.292. The van der Waals surface area contributed by atoms with E-state index in [0.717, 1.165) is 18.1 Å². The number of hydrogen-bond donors (Lipinski definition) is 0. The summed E-state index contributed by atoms with van der Waals surface area (Å²) in [6, 6.07) is 2.39. The van der Waals surface area contributed by atoms with Crippen molar-refractivity contribution in [2.24, 2.45) is 10.9 Å². The molecule has 2 rings (SSSR count). The van der Waals surface area contributed by atoms with Gasteiger partial charge >= 0.3 is 0 Å². The number of ether oxygens (including phenoxy) is 1. The van der Waals surface area contributed by atoms with E-state index >= 15 is 0 Å². The van der Waals surface area contributed by atoms with Gasteiger partial charge in [0.25, 0.3) is 0 Å². The van der Waals surface area contributed by atoms with Crippen LogP contribution in [0.1, 0.15) is 19.4 Å². The topological polar surface area (TPSA) is 21.6 Å². The van der Waals surface area contributed by atoms with Gasteiger partial charge in [0.1, 0.15) is 6.61 Å². The van der Waals surface area contributed by atoms with Gasteiger partial charge in [0, 0.05) is 10.9 Å². The summed E-state index contributed by atoms with van der Waals surface area (Å²) in [4.78, 5) is 4.53. The van der Waals surface area contributed by atoms with Gasteiger partial charge in [0.05, 0.1) is 6.04 Å². The van der Waals surface area contributed by atoms with Gasteiger partial charge in [-0.15, -0.1) is 0 Å². The molecule has 3 heteroatoms. The normalized spacial score (nSPS) is 21.8. The van der Waals surface area contributed by atoms with E-state index in [2.05, 4.69) is 24.2 Å². The highest BCUT2D eigenvalue weighted by Crippen LogP contribution is 2.18. The van der Waals surface area contributed by atoms with Crippen LogP contribution in [-0.2, 0) is 4.74 Å². The zero-order valence-electron chi connectivity index (χ0n) is 7.86. The minimum absolute atomic E-state index is 0.342. The third-order valence-corrected chi connectivity index (χ3v) is 2.89. The lowest BCUT2D eigenvalue weighted by atomic mass is 10.1. The number of thiophene rings is 1. The molecule has 2 heterocycles. The molecule has 0 radical (unpaired) electrons. The first-order chi connectivity index (χ1) is 6.27. The van der Waals surface area contributed by atoms with Crippen molar-refractivity contribution in [3.05, 3.63) is 22.4 Å². The lowest BCUT2D eigenvalue weighted by Gasteiger charge is -2.06. The number of aliphatic imine (C=N–C) groups is 1. The minimum atomic E-state index is 0.342. The largest absolute Gasteiger partial charge is 0.475 e. The van der Waals surface area contributed by atoms with Gasteiger partial charge in [-0.05, 0) is 17.4 Å². The summed E-state index contributed by atoms with van der Waals surface area (Å²) in [5.41, 5.74) is 1.12. The molecule has 0 saturated carbocycles. The molecule has 0 fully saturated rings. The average Bonchev–Trinajstić information content (AvgIpc) is 2.75. The van der Waals surface area contributed by atoms with Crippen molar-refractivity contribution in [1.82, 2.24) is 0 Å². The molecule has 13 heavy (non-hydrogen) atoms. The third-order valence-electron chi connectivity index (χ3n) is 2.21. The Kier molecular flexibility index (Phi) is 2.36. The molecule has 1 aromatic heterocycles. The molecule has 0 N–H and O–H groups in total. The van der Waals surface area contributed by atoms with Crippen molar-refractivity contribution >= 4 is 17.2 Å². The third kappa shape index (κ3) is 1.75. The van der Waals surface area contributed by atoms with Gasteiger partial charge in [-0.3, -0.25) is 0 Å². The molecule has 1 aromatic rings. The summed E-state index contributed by atoms with van der Waals surface area (Å²) in [6.45, 7) is 5.09. The van der Waals surface area contributed by atoms with E-state index in [1.54, 1.807) is 11.3 Å². The monoisotopic (exact) mass is 195 g/mol. The minimum Gasteiger partial charge on any atom is -0.475 e. The second-order valence-electron chi connectivity index (χ2n) is 3.57. The number of hydrogen-bond acceptors (Lipinski definition) is 3. The Hall–Kier alpha value is -0.830. The van der Waals surface area contributed by atoms with Gasteiger partial charge in [0.2, 0.25) is 5.90 Å². The van der Waals surface area contributed by atoms with Gasteiger partial charge in [-0.2, -0.15) is 11.3 Å². The number of nitrogens with zero attached hydrogens (tertiary/aromatic N) is 1. The molecule has 0 saturated heterocycles. The Balaban J connectivity index is 2.15. The van der Waals surface area contributed by atoms with E-state index in [1.165, 1.54) is 0 Å². The Morgan fingerprint density at radius 3 is 3.00 bits per heavy atom. The Morgan fingerprint density at radius 2 is 2.46 bits per heavy atom. The molecule has 0 aromatic carbocycles. The summed E-state index contributed by atoms with van der Waals surface area (Å²) in [5.74, 6) is 1.39. The van der Waals surface area contributed by atoms with Crippen molar-refractivity contribution < 1.29 is 4.74 Å². The van der Waals surface area contributed by atoms with Crippen LogP contribution in [0.5, 0.6) is 0 Å². The Bertz CT molecular complexity index is 303. The maximum absolute atomic E-state index is 5.53. The molecule has 0 spiro atoms. The predicted molar refractivity (Wildman–Crippen MR) is 55.4 cm³/mol. The SMILES string of the molecule is CC(C)C1COC(c2ccsc2)=N1. The van der Waals surface area contributed by atoms with Crippen LogP contribution in [0, 0.1) is 5.92 Å². The van der Waals surface area contributed by atoms with Crippen LogP contribution in [-0.4, -0.2) is 18.5 Å². The van der Waals surface area contributed by atoms with E-state index < -0.39 is 0 Å². The highest BCUT2D eigenvalue weighted by atomic mass is 32.1. The molecule has 1 unspecified atom stereocenters. The second-order valence-corrected chi connectivity index (χ2v) is 4.35. The molecule has 70 valence electrons. The fourth-order valence-corrected chi connectivity index (χ4v) is 1.90. The van der Waals surface area contributed by atoms with E-state index in [1.807, 2.05) is 11.4 Å². The van der Waals surface area contributed by atoms with Gasteiger partial charge < -0.3 is 4.74 Å². The second kappa shape index (κ2) is 3.50. The van der Waals surface area contributed by atoms with Gasteiger partial charge in [-0.25, -0.2) is 4.99 Å². The highest BCUT2D eigenvalue weighted by Gasteiger charge is 2.22. The predicted octanol–water partition coefficient (Wildman–Crippen LogP) is 2.55. The first kappa shape index (κ1) is 8.75. The van der Waals surface area contributed by atoms with E-state index in [0.29, 0.717) is 12.0 Å².